The lowest BCUT2D eigenvalue weighted by molar-refractivity contribution is -0.138. The molecule has 0 aliphatic rings. The third-order valence-electron chi connectivity index (χ3n) is 4.35. The van der Waals surface area contributed by atoms with E-state index < -0.39 is 29.4 Å². The molecule has 6 nitrogen and oxygen atoms in total. The van der Waals surface area contributed by atoms with Crippen LogP contribution in [0.3, 0.4) is 0 Å². The lowest BCUT2D eigenvalue weighted by atomic mass is 10.2. The summed E-state index contributed by atoms with van der Waals surface area (Å²) in [7, 11) is 1.56. The van der Waals surface area contributed by atoms with E-state index in [4.69, 9.17) is 16.3 Å². The third kappa shape index (κ3) is 6.56. The first-order valence-corrected chi connectivity index (χ1v) is 10.7. The quantitative estimate of drug-likeness (QED) is 0.312. The van der Waals surface area contributed by atoms with Gasteiger partial charge >= 0.3 is 12.4 Å². The number of amides is 1. The molecule has 0 radical (unpaired) electrons. The van der Waals surface area contributed by atoms with Crippen LogP contribution in [0.25, 0.3) is 0 Å². The monoisotopic (exact) mass is 524 g/mol. The van der Waals surface area contributed by atoms with Crippen LogP contribution >= 0.6 is 23.4 Å². The molecule has 182 valence electrons. The number of anilines is 1. The van der Waals surface area contributed by atoms with E-state index >= 15 is 0 Å². The van der Waals surface area contributed by atoms with Gasteiger partial charge in [-0.15, -0.1) is 10.2 Å². The molecule has 0 saturated heterocycles. The van der Waals surface area contributed by atoms with Gasteiger partial charge in [0.25, 0.3) is 0 Å². The molecule has 14 heteroatoms. The first kappa shape index (κ1) is 25.7. The standard InChI is InChI=1S/C20H15ClF6N4O2S/c1-31-16(9-33-13-4-2-3-11(7-13)19(22,23)24)29-30-18(31)34-10-17(32)28-15-8-12(20(25,26)27)5-6-14(15)21/h2-8H,9-10H2,1H3,(H,28,32). The molecule has 34 heavy (non-hydrogen) atoms. The number of hydrogen-bond acceptors (Lipinski definition) is 5. The van der Waals surface area contributed by atoms with Crippen LogP contribution < -0.4 is 10.1 Å². The molecule has 0 bridgehead atoms. The second kappa shape index (κ2) is 10.1. The van der Waals surface area contributed by atoms with Crippen molar-refractivity contribution in [3.63, 3.8) is 0 Å². The molecule has 3 aromatic rings. The van der Waals surface area contributed by atoms with Gasteiger partial charge in [0.05, 0.1) is 27.6 Å². The fraction of sp³-hybridized carbons (Fsp3) is 0.250. The number of ether oxygens (including phenoxy) is 1. The number of rotatable bonds is 7. The molecule has 0 spiro atoms. The van der Waals surface area contributed by atoms with Crippen molar-refractivity contribution < 1.29 is 35.9 Å². The molecule has 1 heterocycles. The summed E-state index contributed by atoms with van der Waals surface area (Å²) in [5.41, 5.74) is -2.00. The molecule has 2 aromatic carbocycles. The van der Waals surface area contributed by atoms with Gasteiger partial charge in [0, 0.05) is 7.05 Å². The van der Waals surface area contributed by atoms with E-state index in [1.807, 2.05) is 0 Å². The Bertz CT molecular complexity index is 1180. The van der Waals surface area contributed by atoms with E-state index in [0.29, 0.717) is 0 Å². The largest absolute Gasteiger partial charge is 0.486 e. The molecule has 0 unspecified atom stereocenters. The van der Waals surface area contributed by atoms with Gasteiger partial charge in [-0.25, -0.2) is 0 Å². The van der Waals surface area contributed by atoms with Gasteiger partial charge < -0.3 is 14.6 Å². The van der Waals surface area contributed by atoms with Crippen molar-refractivity contribution in [2.24, 2.45) is 7.05 Å². The predicted molar refractivity (Wildman–Crippen MR) is 113 cm³/mol. The number of halogens is 7. The second-order valence-electron chi connectivity index (χ2n) is 6.80. The van der Waals surface area contributed by atoms with Gasteiger partial charge in [-0.05, 0) is 36.4 Å². The summed E-state index contributed by atoms with van der Waals surface area (Å²) < 4.78 is 83.8. The van der Waals surface area contributed by atoms with E-state index in [2.05, 4.69) is 15.5 Å². The van der Waals surface area contributed by atoms with Gasteiger partial charge in [0.15, 0.2) is 11.0 Å². The zero-order chi connectivity index (χ0) is 25.1. The van der Waals surface area contributed by atoms with Gasteiger partial charge in [0.1, 0.15) is 12.4 Å². The molecule has 1 aromatic heterocycles. The number of benzene rings is 2. The van der Waals surface area contributed by atoms with E-state index in [0.717, 1.165) is 42.1 Å². The van der Waals surface area contributed by atoms with Gasteiger partial charge in [-0.2, -0.15) is 26.3 Å². The number of nitrogens with one attached hydrogen (secondary N) is 1. The first-order chi connectivity index (χ1) is 15.8. The van der Waals surface area contributed by atoms with Crippen LogP contribution in [-0.2, 0) is 30.8 Å². The molecule has 0 atom stereocenters. The minimum absolute atomic E-state index is 0.00984. The molecule has 0 aliphatic heterocycles. The smallest absolute Gasteiger partial charge is 0.416 e. The SMILES string of the molecule is Cn1c(COc2cccc(C(F)(F)F)c2)nnc1SCC(=O)Nc1cc(C(F)(F)F)ccc1Cl. The Morgan fingerprint density at radius 3 is 2.41 bits per heavy atom. The molecule has 3 rings (SSSR count). The maximum absolute atomic E-state index is 12.9. The van der Waals surface area contributed by atoms with E-state index in [-0.39, 0.29) is 39.8 Å². The Hall–Kier alpha value is -2.93. The van der Waals surface area contributed by atoms with Crippen molar-refractivity contribution in [2.75, 3.05) is 11.1 Å². The zero-order valence-corrected chi connectivity index (χ0v) is 18.7. The van der Waals surface area contributed by atoms with Crippen LogP contribution in [0, 0.1) is 0 Å². The predicted octanol–water partition coefficient (Wildman–Crippen LogP) is 5.82. The Kier molecular flexibility index (Phi) is 7.66. The number of carbonyl (C=O) groups excluding carboxylic acids is 1. The lowest BCUT2D eigenvalue weighted by Crippen LogP contribution is -2.16. The fourth-order valence-corrected chi connectivity index (χ4v) is 3.52. The van der Waals surface area contributed by atoms with Crippen molar-refractivity contribution >= 4 is 35.0 Å². The second-order valence-corrected chi connectivity index (χ2v) is 8.15. The Labute approximate surface area is 198 Å². The molecule has 1 N–H and O–H groups in total. The highest BCUT2D eigenvalue weighted by atomic mass is 35.5. The average molecular weight is 525 g/mol. The van der Waals surface area contributed by atoms with Crippen LogP contribution in [0.5, 0.6) is 5.75 Å². The van der Waals surface area contributed by atoms with Crippen LogP contribution in [0.4, 0.5) is 32.0 Å². The normalized spacial score (nSPS) is 12.0. The summed E-state index contributed by atoms with van der Waals surface area (Å²) in [6, 6.07) is 6.92. The number of thioether (sulfide) groups is 1. The van der Waals surface area contributed by atoms with E-state index in [9.17, 15) is 31.1 Å². The molecular formula is C20H15ClF6N4O2S. The van der Waals surface area contributed by atoms with Crippen LogP contribution in [0.15, 0.2) is 47.6 Å². The number of carbonyl (C=O) groups is 1. The highest BCUT2D eigenvalue weighted by Crippen LogP contribution is 2.34. The lowest BCUT2D eigenvalue weighted by Gasteiger charge is -2.11. The van der Waals surface area contributed by atoms with Crippen LogP contribution in [0.2, 0.25) is 5.02 Å². The number of nitrogens with zero attached hydrogens (tertiary/aromatic N) is 3. The third-order valence-corrected chi connectivity index (χ3v) is 5.70. The number of aromatic nitrogens is 3. The van der Waals surface area contributed by atoms with Crippen molar-refractivity contribution in [3.05, 3.63) is 64.4 Å². The number of alkyl halides is 6. The molecule has 1 amide bonds. The van der Waals surface area contributed by atoms with Gasteiger partial charge in [-0.1, -0.05) is 29.4 Å². The summed E-state index contributed by atoms with van der Waals surface area (Å²) in [5, 5.41) is 10.3. The number of hydrogen-bond donors (Lipinski definition) is 1. The zero-order valence-electron chi connectivity index (χ0n) is 17.2. The van der Waals surface area contributed by atoms with E-state index in [1.165, 1.54) is 16.7 Å². The maximum atomic E-state index is 12.9. The summed E-state index contributed by atoms with van der Waals surface area (Å²) in [6.45, 7) is -0.183. The molecule has 0 saturated carbocycles. The fourth-order valence-electron chi connectivity index (χ4n) is 2.62. The van der Waals surface area contributed by atoms with Crippen molar-refractivity contribution in [1.29, 1.82) is 0 Å². The topological polar surface area (TPSA) is 69.0 Å². The summed E-state index contributed by atoms with van der Waals surface area (Å²) in [6.07, 6.45) is -9.10. The highest BCUT2D eigenvalue weighted by molar-refractivity contribution is 7.99. The minimum atomic E-state index is -4.59. The molecule has 0 fully saturated rings. The van der Waals surface area contributed by atoms with E-state index in [1.54, 1.807) is 7.05 Å². The van der Waals surface area contributed by atoms with Crippen molar-refractivity contribution in [2.45, 2.75) is 24.1 Å². The van der Waals surface area contributed by atoms with Crippen molar-refractivity contribution in [3.8, 4) is 5.75 Å². The summed E-state index contributed by atoms with van der Waals surface area (Å²) in [4.78, 5) is 12.2. The Balaban J connectivity index is 1.58. The van der Waals surface area contributed by atoms with Crippen LogP contribution in [-0.4, -0.2) is 26.4 Å². The molecular weight excluding hydrogens is 510 g/mol. The average Bonchev–Trinajstić information content (AvgIpc) is 3.10. The minimum Gasteiger partial charge on any atom is -0.486 e. The highest BCUT2D eigenvalue weighted by Gasteiger charge is 2.31. The maximum Gasteiger partial charge on any atom is 0.416 e. The first-order valence-electron chi connectivity index (χ1n) is 9.32. The summed E-state index contributed by atoms with van der Waals surface area (Å²) >= 11 is 6.81. The van der Waals surface area contributed by atoms with Gasteiger partial charge in [-0.3, -0.25) is 4.79 Å². The Morgan fingerprint density at radius 2 is 1.74 bits per heavy atom. The van der Waals surface area contributed by atoms with Crippen molar-refractivity contribution in [1.82, 2.24) is 14.8 Å². The summed E-state index contributed by atoms with van der Waals surface area (Å²) in [5.74, 6) is -0.575. The van der Waals surface area contributed by atoms with Crippen LogP contribution in [0.1, 0.15) is 17.0 Å². The van der Waals surface area contributed by atoms with Gasteiger partial charge in [0.2, 0.25) is 5.91 Å². The molecule has 0 aliphatic carbocycles. The Morgan fingerprint density at radius 1 is 1.06 bits per heavy atom.